The highest BCUT2D eigenvalue weighted by molar-refractivity contribution is 6.32. The minimum atomic E-state index is -0.0481. The van der Waals surface area contributed by atoms with Crippen molar-refractivity contribution in [1.29, 1.82) is 0 Å². The van der Waals surface area contributed by atoms with E-state index in [0.29, 0.717) is 5.02 Å². The minimum Gasteiger partial charge on any atom is -0.506 e. The first-order valence-corrected chi connectivity index (χ1v) is 3.73. The highest BCUT2D eigenvalue weighted by Crippen LogP contribution is 2.25. The van der Waals surface area contributed by atoms with Gasteiger partial charge in [-0.2, -0.15) is 0 Å². The number of hydrogen-bond acceptors (Lipinski definition) is 2. The van der Waals surface area contributed by atoms with E-state index in [1.165, 1.54) is 0 Å². The molecular formula is C8H11Cl2NO. The van der Waals surface area contributed by atoms with E-state index < -0.39 is 0 Å². The van der Waals surface area contributed by atoms with Crippen LogP contribution in [0.25, 0.3) is 0 Å². The number of rotatable bonds is 1. The summed E-state index contributed by atoms with van der Waals surface area (Å²) < 4.78 is 0. The minimum absolute atomic E-state index is 0. The van der Waals surface area contributed by atoms with Crippen molar-refractivity contribution in [2.24, 2.45) is 5.73 Å². The van der Waals surface area contributed by atoms with Crippen LogP contribution in [0.15, 0.2) is 18.2 Å². The first kappa shape index (κ1) is 11.6. The molecule has 1 atom stereocenters. The molecule has 0 aliphatic heterocycles. The molecular weight excluding hydrogens is 197 g/mol. The maximum Gasteiger partial charge on any atom is 0.134 e. The van der Waals surface area contributed by atoms with Crippen molar-refractivity contribution in [3.63, 3.8) is 0 Å². The van der Waals surface area contributed by atoms with E-state index in [1.54, 1.807) is 18.2 Å². The molecule has 0 fully saturated rings. The van der Waals surface area contributed by atoms with Gasteiger partial charge in [0, 0.05) is 6.04 Å². The molecule has 0 bridgehead atoms. The van der Waals surface area contributed by atoms with Gasteiger partial charge in [-0.1, -0.05) is 17.7 Å². The lowest BCUT2D eigenvalue weighted by atomic mass is 10.1. The van der Waals surface area contributed by atoms with Crippen molar-refractivity contribution in [2.75, 3.05) is 0 Å². The van der Waals surface area contributed by atoms with Crippen molar-refractivity contribution in [2.45, 2.75) is 13.0 Å². The maximum atomic E-state index is 9.05. The molecule has 68 valence electrons. The molecule has 0 unspecified atom stereocenters. The zero-order valence-corrected chi connectivity index (χ0v) is 8.19. The standard InChI is InChI=1S/C8H10ClNO.ClH/c1-5(10)6-2-3-8(11)7(9)4-6;/h2-5,11H,10H2,1H3;1H/t5-;/m0./s1. The van der Waals surface area contributed by atoms with Gasteiger partial charge in [-0.05, 0) is 24.6 Å². The lowest BCUT2D eigenvalue weighted by Gasteiger charge is -2.05. The second kappa shape index (κ2) is 4.55. The molecule has 0 heterocycles. The Morgan fingerprint density at radius 1 is 1.50 bits per heavy atom. The second-order valence-electron chi connectivity index (χ2n) is 2.50. The van der Waals surface area contributed by atoms with Gasteiger partial charge in [0.2, 0.25) is 0 Å². The van der Waals surface area contributed by atoms with Gasteiger partial charge in [0.1, 0.15) is 5.75 Å². The number of hydrogen-bond donors (Lipinski definition) is 2. The van der Waals surface area contributed by atoms with Crippen molar-refractivity contribution in [3.8, 4) is 5.75 Å². The van der Waals surface area contributed by atoms with Gasteiger partial charge in [-0.15, -0.1) is 12.4 Å². The van der Waals surface area contributed by atoms with Gasteiger partial charge < -0.3 is 10.8 Å². The van der Waals surface area contributed by atoms with Gasteiger partial charge in [-0.25, -0.2) is 0 Å². The Bertz CT molecular complexity index is 263. The van der Waals surface area contributed by atoms with E-state index in [0.717, 1.165) is 5.56 Å². The Balaban J connectivity index is 0.00000121. The number of aromatic hydroxyl groups is 1. The van der Waals surface area contributed by atoms with E-state index >= 15 is 0 Å². The molecule has 0 spiro atoms. The molecule has 0 radical (unpaired) electrons. The zero-order valence-electron chi connectivity index (χ0n) is 6.62. The fourth-order valence-corrected chi connectivity index (χ4v) is 0.995. The summed E-state index contributed by atoms with van der Waals surface area (Å²) in [7, 11) is 0. The number of nitrogens with two attached hydrogens (primary N) is 1. The fraction of sp³-hybridized carbons (Fsp3) is 0.250. The molecule has 1 aromatic carbocycles. The first-order valence-electron chi connectivity index (χ1n) is 3.35. The second-order valence-corrected chi connectivity index (χ2v) is 2.91. The normalized spacial score (nSPS) is 11.9. The van der Waals surface area contributed by atoms with Crippen molar-refractivity contribution >= 4 is 24.0 Å². The molecule has 4 heteroatoms. The van der Waals surface area contributed by atoms with Gasteiger partial charge in [0.15, 0.2) is 0 Å². The lowest BCUT2D eigenvalue weighted by molar-refractivity contribution is 0.475. The summed E-state index contributed by atoms with van der Waals surface area (Å²) in [6.45, 7) is 1.86. The molecule has 0 saturated heterocycles. The average molecular weight is 208 g/mol. The molecule has 0 aromatic heterocycles. The molecule has 0 aliphatic rings. The average Bonchev–Trinajstić information content (AvgIpc) is 1.94. The van der Waals surface area contributed by atoms with E-state index in [-0.39, 0.29) is 24.2 Å². The van der Waals surface area contributed by atoms with Crippen LogP contribution in [-0.4, -0.2) is 5.11 Å². The Kier molecular flexibility index (Phi) is 4.39. The fourth-order valence-electron chi connectivity index (χ4n) is 0.806. The van der Waals surface area contributed by atoms with Crippen LogP contribution in [0.4, 0.5) is 0 Å². The van der Waals surface area contributed by atoms with Crippen LogP contribution in [0, 0.1) is 0 Å². The largest absolute Gasteiger partial charge is 0.506 e. The maximum absolute atomic E-state index is 9.05. The van der Waals surface area contributed by atoms with Gasteiger partial charge >= 0.3 is 0 Å². The van der Waals surface area contributed by atoms with Crippen LogP contribution >= 0.6 is 24.0 Å². The third-order valence-corrected chi connectivity index (χ3v) is 1.80. The topological polar surface area (TPSA) is 46.2 Å². The highest BCUT2D eigenvalue weighted by Gasteiger charge is 2.02. The number of phenols is 1. The zero-order chi connectivity index (χ0) is 8.43. The molecule has 3 N–H and O–H groups in total. The monoisotopic (exact) mass is 207 g/mol. The van der Waals surface area contributed by atoms with Crippen LogP contribution in [-0.2, 0) is 0 Å². The van der Waals surface area contributed by atoms with Crippen LogP contribution in [0.5, 0.6) is 5.75 Å². The van der Waals surface area contributed by atoms with Crippen molar-refractivity contribution < 1.29 is 5.11 Å². The predicted molar refractivity (Wildman–Crippen MR) is 53.0 cm³/mol. The third kappa shape index (κ3) is 2.55. The van der Waals surface area contributed by atoms with Gasteiger partial charge in [-0.3, -0.25) is 0 Å². The summed E-state index contributed by atoms with van der Waals surface area (Å²) in [6, 6.07) is 4.92. The van der Waals surface area contributed by atoms with E-state index in [2.05, 4.69) is 0 Å². The van der Waals surface area contributed by atoms with Crippen molar-refractivity contribution in [1.82, 2.24) is 0 Å². The predicted octanol–water partition coefficient (Wildman–Crippen LogP) is 2.49. The van der Waals surface area contributed by atoms with Gasteiger partial charge in [0.05, 0.1) is 5.02 Å². The summed E-state index contributed by atoms with van der Waals surface area (Å²) in [4.78, 5) is 0. The van der Waals surface area contributed by atoms with E-state index in [1.807, 2.05) is 6.92 Å². The Labute approximate surface area is 82.8 Å². The number of phenolic OH excluding ortho intramolecular Hbond substituents is 1. The van der Waals surface area contributed by atoms with E-state index in [9.17, 15) is 0 Å². The molecule has 0 aliphatic carbocycles. The summed E-state index contributed by atoms with van der Waals surface area (Å²) >= 11 is 5.65. The molecule has 0 saturated carbocycles. The lowest BCUT2D eigenvalue weighted by Crippen LogP contribution is -2.04. The number of halogens is 2. The highest BCUT2D eigenvalue weighted by atomic mass is 35.5. The quantitative estimate of drug-likeness (QED) is 0.744. The summed E-state index contributed by atoms with van der Waals surface area (Å²) in [5.74, 6) is 0.0936. The smallest absolute Gasteiger partial charge is 0.134 e. The SMILES string of the molecule is C[C@H](N)c1ccc(O)c(Cl)c1.Cl. The summed E-state index contributed by atoms with van der Waals surface area (Å²) in [5.41, 5.74) is 6.52. The van der Waals surface area contributed by atoms with E-state index in [4.69, 9.17) is 22.4 Å². The van der Waals surface area contributed by atoms with Gasteiger partial charge in [0.25, 0.3) is 0 Å². The Hall–Kier alpha value is -0.440. The van der Waals surface area contributed by atoms with Crippen molar-refractivity contribution in [3.05, 3.63) is 28.8 Å². The summed E-state index contributed by atoms with van der Waals surface area (Å²) in [5, 5.41) is 9.40. The Morgan fingerprint density at radius 3 is 2.50 bits per heavy atom. The molecule has 2 nitrogen and oxygen atoms in total. The molecule has 1 aromatic rings. The van der Waals surface area contributed by atoms with Crippen LogP contribution in [0.2, 0.25) is 5.02 Å². The third-order valence-electron chi connectivity index (χ3n) is 1.50. The van der Waals surface area contributed by atoms with Crippen LogP contribution in [0.1, 0.15) is 18.5 Å². The Morgan fingerprint density at radius 2 is 2.08 bits per heavy atom. The first-order chi connectivity index (χ1) is 5.11. The number of benzene rings is 1. The molecule has 0 amide bonds. The van der Waals surface area contributed by atoms with Crippen LogP contribution < -0.4 is 5.73 Å². The van der Waals surface area contributed by atoms with Crippen LogP contribution in [0.3, 0.4) is 0 Å². The summed E-state index contributed by atoms with van der Waals surface area (Å²) in [6.07, 6.45) is 0. The molecule has 12 heavy (non-hydrogen) atoms. The molecule has 1 rings (SSSR count).